The minimum atomic E-state index is -0.250. The highest BCUT2D eigenvalue weighted by molar-refractivity contribution is 5.80. The maximum atomic E-state index is 12.9. The minimum absolute atomic E-state index is 0.0777. The summed E-state index contributed by atoms with van der Waals surface area (Å²) in [5.74, 6) is 3.49. The van der Waals surface area contributed by atoms with Crippen molar-refractivity contribution in [2.75, 3.05) is 20.8 Å². The first-order valence-corrected chi connectivity index (χ1v) is 14.1. The molecular weight excluding hydrogens is 502 g/mol. The summed E-state index contributed by atoms with van der Waals surface area (Å²) in [6.07, 6.45) is 3.22. The molecule has 0 aliphatic heterocycles. The summed E-state index contributed by atoms with van der Waals surface area (Å²) < 4.78 is 18.9. The monoisotopic (exact) mass is 543 g/mol. The van der Waals surface area contributed by atoms with Crippen LogP contribution in [0.2, 0.25) is 0 Å². The van der Waals surface area contributed by atoms with Crippen LogP contribution in [0.3, 0.4) is 0 Å². The topological polar surface area (TPSA) is 74.6 Å². The number of hydrogen-bond acceptors (Lipinski definition) is 5. The molecule has 0 aliphatic rings. The summed E-state index contributed by atoms with van der Waals surface area (Å²) in [7, 11) is 3.18. The molecule has 1 N–H and O–H groups in total. The molecule has 3 aromatic carbocycles. The van der Waals surface area contributed by atoms with Gasteiger partial charge in [0.25, 0.3) is 0 Å². The zero-order valence-electron chi connectivity index (χ0n) is 24.3. The fourth-order valence-electron chi connectivity index (χ4n) is 4.88. The van der Waals surface area contributed by atoms with Gasteiger partial charge in [-0.2, -0.15) is 0 Å². The molecule has 7 nitrogen and oxygen atoms in total. The second-order valence-electron chi connectivity index (χ2n) is 10.2. The summed E-state index contributed by atoms with van der Waals surface area (Å²) in [5.41, 5.74) is 4.20. The number of ether oxygens (including phenoxy) is 3. The molecule has 0 saturated heterocycles. The third-order valence-corrected chi connectivity index (χ3v) is 7.37. The highest BCUT2D eigenvalue weighted by atomic mass is 16.5. The number of carbonyl (C=O) groups is 1. The third-order valence-electron chi connectivity index (χ3n) is 7.37. The lowest BCUT2D eigenvalue weighted by Gasteiger charge is -2.17. The molecule has 4 aromatic rings. The van der Waals surface area contributed by atoms with E-state index >= 15 is 0 Å². The Labute approximate surface area is 237 Å². The normalized spacial score (nSPS) is 12.6. The van der Waals surface area contributed by atoms with Crippen molar-refractivity contribution in [1.82, 2.24) is 14.9 Å². The van der Waals surface area contributed by atoms with E-state index in [1.165, 1.54) is 5.56 Å². The summed E-state index contributed by atoms with van der Waals surface area (Å²) in [6.45, 7) is 7.88. The molecule has 7 heteroatoms. The lowest BCUT2D eigenvalue weighted by molar-refractivity contribution is -0.121. The van der Waals surface area contributed by atoms with Gasteiger partial charge in [0.05, 0.1) is 44.3 Å². The van der Waals surface area contributed by atoms with E-state index < -0.39 is 0 Å². The number of carbonyl (C=O) groups excluding carboxylic acids is 1. The number of amides is 1. The molecule has 2 atom stereocenters. The smallest absolute Gasteiger partial charge is 0.224 e. The fourth-order valence-corrected chi connectivity index (χ4v) is 4.88. The van der Waals surface area contributed by atoms with Crippen molar-refractivity contribution in [3.05, 3.63) is 83.7 Å². The van der Waals surface area contributed by atoms with Gasteiger partial charge >= 0.3 is 0 Å². The van der Waals surface area contributed by atoms with Crippen molar-refractivity contribution in [1.29, 1.82) is 0 Å². The van der Waals surface area contributed by atoms with Crippen LogP contribution in [0, 0.1) is 0 Å². The Bertz CT molecular complexity index is 1400. The van der Waals surface area contributed by atoms with Gasteiger partial charge in [0.15, 0.2) is 11.5 Å². The average molecular weight is 544 g/mol. The Morgan fingerprint density at radius 2 is 1.70 bits per heavy atom. The molecule has 0 saturated carbocycles. The van der Waals surface area contributed by atoms with Crippen LogP contribution in [-0.2, 0) is 17.8 Å². The Hall–Kier alpha value is -4.00. The Morgan fingerprint density at radius 1 is 0.950 bits per heavy atom. The molecule has 0 bridgehead atoms. The predicted molar refractivity (Wildman–Crippen MR) is 159 cm³/mol. The lowest BCUT2D eigenvalue weighted by atomic mass is 9.99. The molecule has 0 aliphatic carbocycles. The molecule has 1 aromatic heterocycles. The molecule has 0 spiro atoms. The summed E-state index contributed by atoms with van der Waals surface area (Å²) in [4.78, 5) is 17.8. The maximum Gasteiger partial charge on any atom is 0.224 e. The van der Waals surface area contributed by atoms with Gasteiger partial charge in [0, 0.05) is 6.54 Å². The quantitative estimate of drug-likeness (QED) is 0.176. The van der Waals surface area contributed by atoms with Crippen LogP contribution in [0.1, 0.15) is 68.9 Å². The molecule has 40 heavy (non-hydrogen) atoms. The zero-order chi connectivity index (χ0) is 28.5. The van der Waals surface area contributed by atoms with Crippen LogP contribution >= 0.6 is 0 Å². The van der Waals surface area contributed by atoms with Gasteiger partial charge in [0.1, 0.15) is 11.6 Å². The van der Waals surface area contributed by atoms with E-state index in [-0.39, 0.29) is 18.4 Å². The summed E-state index contributed by atoms with van der Waals surface area (Å²) >= 11 is 0. The highest BCUT2D eigenvalue weighted by Crippen LogP contribution is 2.28. The van der Waals surface area contributed by atoms with Crippen LogP contribution in [0.25, 0.3) is 11.0 Å². The van der Waals surface area contributed by atoms with Gasteiger partial charge in [-0.25, -0.2) is 4.98 Å². The number of para-hydroxylation sites is 2. The molecule has 0 radical (unpaired) electrons. The second-order valence-corrected chi connectivity index (χ2v) is 10.2. The van der Waals surface area contributed by atoms with Crippen LogP contribution in [-0.4, -0.2) is 36.3 Å². The Morgan fingerprint density at radius 3 is 2.42 bits per heavy atom. The van der Waals surface area contributed by atoms with Crippen molar-refractivity contribution < 1.29 is 19.0 Å². The standard InChI is InChI=1S/C33H41N3O4/c1-6-23(2)26-14-16-27(17-15-26)40-20-10-9-19-36-29-12-8-7-11-28(29)35-33(36)24(3)34-32(37)22-25-13-18-30(38-4)31(21-25)39-5/h7-8,11-18,21,23-24H,6,9-10,19-20,22H2,1-5H3,(H,34,37). The number of benzene rings is 3. The van der Waals surface area contributed by atoms with Crippen molar-refractivity contribution in [3.8, 4) is 17.2 Å². The molecule has 4 rings (SSSR count). The van der Waals surface area contributed by atoms with Gasteiger partial charge in [-0.1, -0.05) is 44.2 Å². The first kappa shape index (κ1) is 29.0. The van der Waals surface area contributed by atoms with Crippen LogP contribution in [0.4, 0.5) is 0 Å². The predicted octanol–water partition coefficient (Wildman–Crippen LogP) is 6.85. The van der Waals surface area contributed by atoms with Crippen molar-refractivity contribution in [3.63, 3.8) is 0 Å². The number of hydrogen-bond donors (Lipinski definition) is 1. The lowest BCUT2D eigenvalue weighted by Crippen LogP contribution is -2.30. The first-order chi connectivity index (χ1) is 19.4. The molecule has 1 heterocycles. The number of aromatic nitrogens is 2. The van der Waals surface area contributed by atoms with E-state index in [2.05, 4.69) is 54.1 Å². The molecule has 2 unspecified atom stereocenters. The summed E-state index contributed by atoms with van der Waals surface area (Å²) in [5, 5.41) is 3.13. The van der Waals surface area contributed by atoms with Crippen molar-refractivity contribution >= 4 is 16.9 Å². The highest BCUT2D eigenvalue weighted by Gasteiger charge is 2.19. The fraction of sp³-hybridized carbons (Fsp3) is 0.394. The van der Waals surface area contributed by atoms with E-state index in [0.29, 0.717) is 24.0 Å². The number of rotatable bonds is 14. The number of nitrogens with one attached hydrogen (secondary N) is 1. The molecular formula is C33H41N3O4. The average Bonchev–Trinajstić information content (AvgIpc) is 3.35. The van der Waals surface area contributed by atoms with Crippen LogP contribution < -0.4 is 19.5 Å². The molecule has 1 amide bonds. The largest absolute Gasteiger partial charge is 0.494 e. The maximum absolute atomic E-state index is 12.9. The van der Waals surface area contributed by atoms with Gasteiger partial charge in [-0.05, 0) is 79.6 Å². The van der Waals surface area contributed by atoms with Crippen LogP contribution in [0.15, 0.2) is 66.7 Å². The molecule has 212 valence electrons. The zero-order valence-corrected chi connectivity index (χ0v) is 24.3. The van der Waals surface area contributed by atoms with Crippen LogP contribution in [0.5, 0.6) is 17.2 Å². The third kappa shape index (κ3) is 7.14. The van der Waals surface area contributed by atoms with Gasteiger partial charge in [0.2, 0.25) is 5.91 Å². The first-order valence-electron chi connectivity index (χ1n) is 14.1. The molecule has 0 fully saturated rings. The van der Waals surface area contributed by atoms with Crippen molar-refractivity contribution in [2.24, 2.45) is 0 Å². The SMILES string of the molecule is CCC(C)c1ccc(OCCCCn2c(C(C)NC(=O)Cc3ccc(OC)c(OC)c3)nc3ccccc32)cc1. The van der Waals surface area contributed by atoms with E-state index in [0.717, 1.165) is 54.0 Å². The van der Waals surface area contributed by atoms with Crippen molar-refractivity contribution in [2.45, 2.75) is 65.0 Å². The van der Waals surface area contributed by atoms with Gasteiger partial charge < -0.3 is 24.1 Å². The second kappa shape index (κ2) is 13.9. The van der Waals surface area contributed by atoms with E-state index in [1.807, 2.05) is 43.3 Å². The number of unbranched alkanes of at least 4 members (excludes halogenated alkanes) is 1. The number of methoxy groups -OCH3 is 2. The van der Waals surface area contributed by atoms with E-state index in [1.54, 1.807) is 14.2 Å². The Kier molecular flexibility index (Phi) is 10.1. The van der Waals surface area contributed by atoms with Gasteiger partial charge in [-0.3, -0.25) is 4.79 Å². The number of fused-ring (bicyclic) bond motifs is 1. The van der Waals surface area contributed by atoms with E-state index in [4.69, 9.17) is 19.2 Å². The summed E-state index contributed by atoms with van der Waals surface area (Å²) in [6, 6.07) is 21.8. The van der Waals surface area contributed by atoms with Gasteiger partial charge in [-0.15, -0.1) is 0 Å². The number of aryl methyl sites for hydroxylation is 1. The minimum Gasteiger partial charge on any atom is -0.494 e. The number of imidazole rings is 1. The van der Waals surface area contributed by atoms with E-state index in [9.17, 15) is 4.79 Å². The Balaban J connectivity index is 1.36. The number of nitrogens with zero attached hydrogens (tertiary/aromatic N) is 2.